The minimum absolute atomic E-state index is 0.465. The summed E-state index contributed by atoms with van der Waals surface area (Å²) in [5.41, 5.74) is 7.05. The van der Waals surface area contributed by atoms with Crippen LogP contribution in [0.4, 0.5) is 0 Å². The van der Waals surface area contributed by atoms with E-state index in [1.165, 1.54) is 5.56 Å². The van der Waals surface area contributed by atoms with E-state index in [0.717, 1.165) is 22.0 Å². The molecule has 1 aromatic heterocycles. The maximum absolute atomic E-state index is 6.24. The Labute approximate surface area is 134 Å². The van der Waals surface area contributed by atoms with Crippen LogP contribution in [0, 0.1) is 6.92 Å². The van der Waals surface area contributed by atoms with E-state index in [2.05, 4.69) is 27.6 Å². The van der Waals surface area contributed by atoms with Gasteiger partial charge in [0.05, 0.1) is 18.3 Å². The fourth-order valence-electron chi connectivity index (χ4n) is 2.28. The summed E-state index contributed by atoms with van der Waals surface area (Å²) in [6.07, 6.45) is 1.71. The highest BCUT2D eigenvalue weighted by Gasteiger charge is 2.04. The minimum atomic E-state index is 0.465. The Hall–Kier alpha value is -2.39. The number of nitrogens with zero attached hydrogens (tertiary/aromatic N) is 2. The number of fused-ring (bicyclic) bond motifs is 1. The molecule has 0 radical (unpaired) electrons. The summed E-state index contributed by atoms with van der Waals surface area (Å²) in [4.78, 5) is 4.46. The molecule has 0 fully saturated rings. The topological polar surface area (TPSA) is 37.3 Å². The number of hydrazone groups is 1. The molecule has 0 amide bonds. The Morgan fingerprint density at radius 3 is 2.77 bits per heavy atom. The van der Waals surface area contributed by atoms with Crippen LogP contribution in [0.5, 0.6) is 0 Å². The zero-order valence-electron chi connectivity index (χ0n) is 12.3. The lowest BCUT2D eigenvalue weighted by atomic mass is 10.1. The van der Waals surface area contributed by atoms with Crippen molar-refractivity contribution < 1.29 is 0 Å². The van der Waals surface area contributed by atoms with Gasteiger partial charge in [-0.05, 0) is 24.1 Å². The molecule has 2 aromatic carbocycles. The first-order valence-electron chi connectivity index (χ1n) is 7.10. The van der Waals surface area contributed by atoms with Gasteiger partial charge in [0.25, 0.3) is 0 Å². The van der Waals surface area contributed by atoms with Gasteiger partial charge in [0, 0.05) is 10.9 Å². The Kier molecular flexibility index (Phi) is 4.35. The van der Waals surface area contributed by atoms with E-state index in [1.54, 1.807) is 6.21 Å². The van der Waals surface area contributed by atoms with Crippen LogP contribution >= 0.6 is 11.6 Å². The van der Waals surface area contributed by atoms with E-state index >= 15 is 0 Å². The maximum Gasteiger partial charge on any atom is 0.138 e. The predicted octanol–water partition coefficient (Wildman–Crippen LogP) is 4.32. The third-order valence-corrected chi connectivity index (χ3v) is 3.75. The minimum Gasteiger partial charge on any atom is -0.306 e. The van der Waals surface area contributed by atoms with Gasteiger partial charge in [0.1, 0.15) is 5.15 Å². The Morgan fingerprint density at radius 1 is 1.14 bits per heavy atom. The van der Waals surface area contributed by atoms with Gasteiger partial charge in [0.2, 0.25) is 0 Å². The molecule has 0 spiro atoms. The average Bonchev–Trinajstić information content (AvgIpc) is 2.54. The van der Waals surface area contributed by atoms with E-state index in [9.17, 15) is 0 Å². The molecule has 1 N–H and O–H groups in total. The summed E-state index contributed by atoms with van der Waals surface area (Å²) >= 11 is 6.24. The lowest BCUT2D eigenvalue weighted by molar-refractivity contribution is 0.748. The van der Waals surface area contributed by atoms with Crippen molar-refractivity contribution in [3.05, 3.63) is 76.4 Å². The van der Waals surface area contributed by atoms with Crippen LogP contribution in [0.15, 0.2) is 59.7 Å². The van der Waals surface area contributed by atoms with Gasteiger partial charge >= 0.3 is 0 Å². The summed E-state index contributed by atoms with van der Waals surface area (Å²) in [6, 6.07) is 18.2. The highest BCUT2D eigenvalue weighted by Crippen LogP contribution is 2.21. The average molecular weight is 310 g/mol. The molecule has 0 aliphatic carbocycles. The van der Waals surface area contributed by atoms with Crippen LogP contribution in [0.25, 0.3) is 10.9 Å². The van der Waals surface area contributed by atoms with Crippen LogP contribution in [0.3, 0.4) is 0 Å². The summed E-state index contributed by atoms with van der Waals surface area (Å²) in [5.74, 6) is 0. The van der Waals surface area contributed by atoms with Crippen LogP contribution < -0.4 is 5.43 Å². The number of para-hydroxylation sites is 1. The number of aryl methyl sites for hydroxylation is 1. The zero-order chi connectivity index (χ0) is 15.4. The van der Waals surface area contributed by atoms with Crippen molar-refractivity contribution in [1.82, 2.24) is 10.4 Å². The molecule has 0 saturated heterocycles. The highest BCUT2D eigenvalue weighted by molar-refractivity contribution is 6.32. The van der Waals surface area contributed by atoms with Crippen molar-refractivity contribution in [2.75, 3.05) is 0 Å². The summed E-state index contributed by atoms with van der Waals surface area (Å²) < 4.78 is 0. The van der Waals surface area contributed by atoms with Gasteiger partial charge in [0.15, 0.2) is 0 Å². The molecule has 4 heteroatoms. The quantitative estimate of drug-likeness (QED) is 0.443. The number of rotatable bonds is 4. The molecule has 3 nitrogen and oxygen atoms in total. The molecule has 0 aliphatic heterocycles. The molecule has 22 heavy (non-hydrogen) atoms. The number of nitrogens with one attached hydrogen (secondary N) is 1. The molecule has 0 saturated carbocycles. The van der Waals surface area contributed by atoms with Gasteiger partial charge in [-0.1, -0.05) is 60.1 Å². The van der Waals surface area contributed by atoms with Crippen molar-refractivity contribution in [2.24, 2.45) is 5.10 Å². The smallest absolute Gasteiger partial charge is 0.138 e. The van der Waals surface area contributed by atoms with Crippen LogP contribution in [0.1, 0.15) is 16.7 Å². The second-order valence-electron chi connectivity index (χ2n) is 5.09. The molecule has 110 valence electrons. The largest absolute Gasteiger partial charge is 0.306 e. The first-order chi connectivity index (χ1) is 10.7. The van der Waals surface area contributed by atoms with Gasteiger partial charge in [-0.3, -0.25) is 0 Å². The Balaban J connectivity index is 1.76. The van der Waals surface area contributed by atoms with E-state index in [-0.39, 0.29) is 0 Å². The highest BCUT2D eigenvalue weighted by atomic mass is 35.5. The number of aromatic nitrogens is 1. The molecule has 0 atom stereocenters. The van der Waals surface area contributed by atoms with Gasteiger partial charge < -0.3 is 5.43 Å². The lowest BCUT2D eigenvalue weighted by Gasteiger charge is -2.05. The normalized spacial score (nSPS) is 11.2. The summed E-state index contributed by atoms with van der Waals surface area (Å²) in [5, 5.41) is 5.76. The summed E-state index contributed by atoms with van der Waals surface area (Å²) in [6.45, 7) is 2.70. The molecule has 3 aromatic rings. The molecule has 0 aliphatic rings. The molecular weight excluding hydrogens is 294 g/mol. The Bertz CT molecular complexity index is 813. The van der Waals surface area contributed by atoms with Gasteiger partial charge in [-0.15, -0.1) is 0 Å². The van der Waals surface area contributed by atoms with Crippen molar-refractivity contribution in [3.8, 4) is 0 Å². The van der Waals surface area contributed by atoms with E-state index < -0.39 is 0 Å². The fraction of sp³-hybridized carbons (Fsp3) is 0.111. The zero-order valence-corrected chi connectivity index (χ0v) is 13.0. The number of hydrogen-bond donors (Lipinski definition) is 1. The fourth-order valence-corrected chi connectivity index (χ4v) is 2.47. The first kappa shape index (κ1) is 14.5. The molecule has 0 bridgehead atoms. The molecular formula is C18H16ClN3. The number of benzene rings is 2. The van der Waals surface area contributed by atoms with Gasteiger partial charge in [-0.2, -0.15) is 5.10 Å². The van der Waals surface area contributed by atoms with Crippen LogP contribution in [0.2, 0.25) is 5.15 Å². The Morgan fingerprint density at radius 2 is 1.95 bits per heavy atom. The molecule has 1 heterocycles. The molecule has 3 rings (SSSR count). The van der Waals surface area contributed by atoms with E-state index in [1.807, 2.05) is 49.4 Å². The van der Waals surface area contributed by atoms with E-state index in [0.29, 0.717) is 11.7 Å². The lowest BCUT2D eigenvalue weighted by Crippen LogP contribution is -2.05. The van der Waals surface area contributed by atoms with Crippen molar-refractivity contribution in [3.63, 3.8) is 0 Å². The number of pyridine rings is 1. The van der Waals surface area contributed by atoms with Crippen LogP contribution in [-0.4, -0.2) is 11.2 Å². The van der Waals surface area contributed by atoms with Crippen molar-refractivity contribution >= 4 is 28.7 Å². The predicted molar refractivity (Wildman–Crippen MR) is 92.4 cm³/mol. The first-order valence-corrected chi connectivity index (χ1v) is 7.47. The van der Waals surface area contributed by atoms with Crippen molar-refractivity contribution in [2.45, 2.75) is 13.5 Å². The second kappa shape index (κ2) is 6.58. The third kappa shape index (κ3) is 3.26. The van der Waals surface area contributed by atoms with E-state index in [4.69, 9.17) is 11.6 Å². The van der Waals surface area contributed by atoms with Crippen molar-refractivity contribution in [1.29, 1.82) is 0 Å². The second-order valence-corrected chi connectivity index (χ2v) is 5.45. The van der Waals surface area contributed by atoms with Gasteiger partial charge in [-0.25, -0.2) is 4.98 Å². The standard InChI is InChI=1S/C18H16ClN3/c1-13-6-5-9-15-10-16(18(19)22-17(13)15)12-21-20-11-14-7-3-2-4-8-14/h2-10,12,20H,11H2,1H3/b21-12-. The molecule has 0 unspecified atom stereocenters. The van der Waals surface area contributed by atoms with Crippen LogP contribution in [-0.2, 0) is 6.54 Å². The monoisotopic (exact) mass is 309 g/mol. The maximum atomic E-state index is 6.24. The summed E-state index contributed by atoms with van der Waals surface area (Å²) in [7, 11) is 0. The third-order valence-electron chi connectivity index (χ3n) is 3.45. The SMILES string of the molecule is Cc1cccc2cc(/C=N\NCc3ccccc3)c(Cl)nc12. The number of halogens is 1. The number of hydrogen-bond acceptors (Lipinski definition) is 3.